The molecule has 1 atom stereocenters. The van der Waals surface area contributed by atoms with Gasteiger partial charge in [-0.25, -0.2) is 0 Å². The highest BCUT2D eigenvalue weighted by molar-refractivity contribution is 7.99. The maximum Gasteiger partial charge on any atom is 0.0542 e. The number of aryl methyl sites for hydroxylation is 2. The van der Waals surface area contributed by atoms with Crippen LogP contribution in [-0.2, 0) is 0 Å². The summed E-state index contributed by atoms with van der Waals surface area (Å²) in [4.78, 5) is 0.971. The number of halogens is 2. The van der Waals surface area contributed by atoms with E-state index in [4.69, 9.17) is 28.9 Å². The minimum Gasteiger partial charge on any atom is -0.323 e. The van der Waals surface area contributed by atoms with Crippen molar-refractivity contribution in [1.82, 2.24) is 0 Å². The number of hydrogen-bond donors (Lipinski definition) is 1. The Morgan fingerprint density at radius 3 is 2.50 bits per heavy atom. The Morgan fingerprint density at radius 1 is 1.05 bits per heavy atom. The smallest absolute Gasteiger partial charge is 0.0542 e. The zero-order chi connectivity index (χ0) is 14.7. The molecule has 0 fully saturated rings. The standard InChI is InChI=1S/C16H17Cl2NS/c1-10-3-4-12(7-11(10)2)15(19)9-20-16-8-13(17)5-6-14(16)18/h3-8,15H,9,19H2,1-2H3. The fourth-order valence-corrected chi connectivity index (χ4v) is 3.34. The van der Waals surface area contributed by atoms with Gasteiger partial charge in [-0.3, -0.25) is 0 Å². The number of rotatable bonds is 4. The molecule has 2 aromatic rings. The summed E-state index contributed by atoms with van der Waals surface area (Å²) in [6.45, 7) is 4.21. The first-order chi connectivity index (χ1) is 9.47. The van der Waals surface area contributed by atoms with Crippen molar-refractivity contribution < 1.29 is 0 Å². The average Bonchev–Trinajstić information content (AvgIpc) is 2.42. The van der Waals surface area contributed by atoms with E-state index in [1.807, 2.05) is 12.1 Å². The van der Waals surface area contributed by atoms with Gasteiger partial charge in [0, 0.05) is 21.7 Å². The van der Waals surface area contributed by atoms with Gasteiger partial charge < -0.3 is 5.73 Å². The van der Waals surface area contributed by atoms with E-state index in [9.17, 15) is 0 Å². The fourth-order valence-electron chi connectivity index (χ4n) is 1.86. The lowest BCUT2D eigenvalue weighted by Gasteiger charge is -2.14. The van der Waals surface area contributed by atoms with Crippen LogP contribution in [0.5, 0.6) is 0 Å². The van der Waals surface area contributed by atoms with Crippen LogP contribution in [0.2, 0.25) is 10.0 Å². The molecule has 0 amide bonds. The molecule has 0 heterocycles. The van der Waals surface area contributed by atoms with Crippen LogP contribution in [0.15, 0.2) is 41.3 Å². The number of nitrogens with two attached hydrogens (primary N) is 1. The van der Waals surface area contributed by atoms with Gasteiger partial charge in [0.15, 0.2) is 0 Å². The molecule has 2 rings (SSSR count). The van der Waals surface area contributed by atoms with Crippen molar-refractivity contribution in [2.45, 2.75) is 24.8 Å². The van der Waals surface area contributed by atoms with Crippen LogP contribution in [0.1, 0.15) is 22.7 Å². The SMILES string of the molecule is Cc1ccc(C(N)CSc2cc(Cl)ccc2Cl)cc1C. The van der Waals surface area contributed by atoms with Crippen LogP contribution in [0.4, 0.5) is 0 Å². The second-order valence-corrected chi connectivity index (χ2v) is 6.74. The van der Waals surface area contributed by atoms with Gasteiger partial charge in [-0.1, -0.05) is 41.4 Å². The molecule has 0 aliphatic carbocycles. The van der Waals surface area contributed by atoms with Gasteiger partial charge in [0.2, 0.25) is 0 Å². The fraction of sp³-hybridized carbons (Fsp3) is 0.250. The van der Waals surface area contributed by atoms with E-state index in [0.29, 0.717) is 10.0 Å². The highest BCUT2D eigenvalue weighted by Crippen LogP contribution is 2.32. The van der Waals surface area contributed by atoms with Gasteiger partial charge in [-0.2, -0.15) is 0 Å². The lowest BCUT2D eigenvalue weighted by molar-refractivity contribution is 0.829. The van der Waals surface area contributed by atoms with Crippen LogP contribution in [0.25, 0.3) is 0 Å². The first-order valence-corrected chi connectivity index (χ1v) is 8.12. The zero-order valence-electron chi connectivity index (χ0n) is 11.5. The minimum atomic E-state index is -0.0191. The molecule has 0 radical (unpaired) electrons. The van der Waals surface area contributed by atoms with Crippen molar-refractivity contribution in [2.75, 3.05) is 5.75 Å². The number of hydrogen-bond acceptors (Lipinski definition) is 2. The Bertz CT molecular complexity index is 613. The predicted octanol–water partition coefficient (Wildman–Crippen LogP) is 5.40. The summed E-state index contributed by atoms with van der Waals surface area (Å²) >= 11 is 13.8. The van der Waals surface area contributed by atoms with Gasteiger partial charge >= 0.3 is 0 Å². The molecule has 0 bridgehead atoms. The Labute approximate surface area is 134 Å². The molecule has 0 aliphatic heterocycles. The van der Waals surface area contributed by atoms with Crippen LogP contribution in [0.3, 0.4) is 0 Å². The minimum absolute atomic E-state index is 0.0191. The van der Waals surface area contributed by atoms with Crippen molar-refractivity contribution >= 4 is 35.0 Å². The van der Waals surface area contributed by atoms with E-state index in [0.717, 1.165) is 16.2 Å². The molecule has 1 unspecified atom stereocenters. The summed E-state index contributed by atoms with van der Waals surface area (Å²) in [6.07, 6.45) is 0. The maximum atomic E-state index is 6.25. The molecule has 2 aromatic carbocycles. The molecule has 0 aliphatic rings. The largest absolute Gasteiger partial charge is 0.323 e. The molecule has 106 valence electrons. The number of thioether (sulfide) groups is 1. The van der Waals surface area contributed by atoms with Crippen molar-refractivity contribution in [1.29, 1.82) is 0 Å². The molecule has 0 saturated carbocycles. The third kappa shape index (κ3) is 3.92. The van der Waals surface area contributed by atoms with Crippen LogP contribution >= 0.6 is 35.0 Å². The van der Waals surface area contributed by atoms with Crippen molar-refractivity contribution in [3.63, 3.8) is 0 Å². The van der Waals surface area contributed by atoms with E-state index in [2.05, 4.69) is 32.0 Å². The molecule has 0 aromatic heterocycles. The summed E-state index contributed by atoms with van der Waals surface area (Å²) in [6, 6.07) is 11.8. The topological polar surface area (TPSA) is 26.0 Å². The summed E-state index contributed by atoms with van der Waals surface area (Å²) in [7, 11) is 0. The summed E-state index contributed by atoms with van der Waals surface area (Å²) in [5.74, 6) is 0.766. The molecule has 20 heavy (non-hydrogen) atoms. The van der Waals surface area contributed by atoms with Gasteiger partial charge in [0.1, 0.15) is 0 Å². The van der Waals surface area contributed by atoms with Crippen LogP contribution in [0, 0.1) is 13.8 Å². The Hall–Kier alpha value is -0.670. The normalized spacial score (nSPS) is 12.4. The van der Waals surface area contributed by atoms with Gasteiger partial charge in [0.05, 0.1) is 5.02 Å². The average molecular weight is 326 g/mol. The molecule has 0 saturated heterocycles. The molecular weight excluding hydrogens is 309 g/mol. The van der Waals surface area contributed by atoms with Gasteiger partial charge in [-0.05, 0) is 48.7 Å². The second-order valence-electron chi connectivity index (χ2n) is 4.84. The van der Waals surface area contributed by atoms with Crippen molar-refractivity contribution in [3.8, 4) is 0 Å². The van der Waals surface area contributed by atoms with E-state index >= 15 is 0 Å². The zero-order valence-corrected chi connectivity index (χ0v) is 13.8. The Kier molecular flexibility index (Phi) is 5.39. The molecule has 0 spiro atoms. The number of benzene rings is 2. The van der Waals surface area contributed by atoms with Crippen LogP contribution in [-0.4, -0.2) is 5.75 Å². The van der Waals surface area contributed by atoms with Crippen molar-refractivity contribution in [2.24, 2.45) is 5.73 Å². The molecule has 1 nitrogen and oxygen atoms in total. The highest BCUT2D eigenvalue weighted by Gasteiger charge is 2.09. The third-order valence-corrected chi connectivity index (χ3v) is 5.12. The third-order valence-electron chi connectivity index (χ3n) is 3.27. The van der Waals surface area contributed by atoms with E-state index < -0.39 is 0 Å². The summed E-state index contributed by atoms with van der Waals surface area (Å²) < 4.78 is 0. The van der Waals surface area contributed by atoms with E-state index in [1.165, 1.54) is 11.1 Å². The lowest BCUT2D eigenvalue weighted by Crippen LogP contribution is -2.13. The predicted molar refractivity (Wildman–Crippen MR) is 90.0 cm³/mol. The van der Waals surface area contributed by atoms with E-state index in [1.54, 1.807) is 17.8 Å². The Morgan fingerprint density at radius 2 is 1.80 bits per heavy atom. The first kappa shape index (κ1) is 15.7. The summed E-state index contributed by atoms with van der Waals surface area (Å²) in [5, 5.41) is 1.41. The highest BCUT2D eigenvalue weighted by atomic mass is 35.5. The Balaban J connectivity index is 2.06. The molecular formula is C16H17Cl2NS. The van der Waals surface area contributed by atoms with Crippen LogP contribution < -0.4 is 5.73 Å². The van der Waals surface area contributed by atoms with Gasteiger partial charge in [0.25, 0.3) is 0 Å². The molecule has 2 N–H and O–H groups in total. The monoisotopic (exact) mass is 325 g/mol. The maximum absolute atomic E-state index is 6.25. The summed E-state index contributed by atoms with van der Waals surface area (Å²) in [5.41, 5.74) is 9.96. The lowest BCUT2D eigenvalue weighted by atomic mass is 10.0. The quantitative estimate of drug-likeness (QED) is 0.761. The van der Waals surface area contributed by atoms with E-state index in [-0.39, 0.29) is 6.04 Å². The van der Waals surface area contributed by atoms with Crippen molar-refractivity contribution in [3.05, 3.63) is 63.1 Å². The van der Waals surface area contributed by atoms with Gasteiger partial charge in [-0.15, -0.1) is 11.8 Å². The first-order valence-electron chi connectivity index (χ1n) is 6.38. The second kappa shape index (κ2) is 6.86. The molecule has 4 heteroatoms.